The Bertz CT molecular complexity index is 586. The minimum Gasteiger partial charge on any atom is -0.444 e. The summed E-state index contributed by atoms with van der Waals surface area (Å²) in [5.74, 6) is 0.0257. The molecule has 21 heavy (non-hydrogen) atoms. The fraction of sp³-hybridized carbons (Fsp3) is 0.375. The van der Waals surface area contributed by atoms with Crippen LogP contribution < -0.4 is 10.6 Å². The second-order valence-corrected chi connectivity index (χ2v) is 5.93. The molecule has 0 atom stereocenters. The molecule has 1 aliphatic rings. The number of hydrogen-bond donors (Lipinski definition) is 2. The summed E-state index contributed by atoms with van der Waals surface area (Å²) in [4.78, 5) is 22.7. The van der Waals surface area contributed by atoms with Gasteiger partial charge in [0.15, 0.2) is 0 Å². The van der Waals surface area contributed by atoms with Crippen molar-refractivity contribution in [2.24, 2.45) is 0 Å². The molecular formula is C16H20N2O3. The van der Waals surface area contributed by atoms with Gasteiger partial charge < -0.3 is 15.4 Å². The van der Waals surface area contributed by atoms with Gasteiger partial charge in [-0.3, -0.25) is 4.79 Å². The zero-order valence-electron chi connectivity index (χ0n) is 12.5. The first-order valence-electron chi connectivity index (χ1n) is 6.90. The number of hydrogen-bond acceptors (Lipinski definition) is 3. The number of nitrogens with one attached hydrogen (secondary N) is 2. The van der Waals surface area contributed by atoms with E-state index in [1.54, 1.807) is 0 Å². The van der Waals surface area contributed by atoms with Crippen LogP contribution in [-0.2, 0) is 16.0 Å². The van der Waals surface area contributed by atoms with Gasteiger partial charge in [-0.25, -0.2) is 4.79 Å². The van der Waals surface area contributed by atoms with E-state index in [2.05, 4.69) is 10.6 Å². The van der Waals surface area contributed by atoms with Crippen molar-refractivity contribution in [3.05, 3.63) is 35.4 Å². The molecule has 1 heterocycles. The number of alkyl carbamates (subject to hydrolysis) is 1. The van der Waals surface area contributed by atoms with Gasteiger partial charge in [0.1, 0.15) is 5.60 Å². The number of carbonyl (C=O) groups excluding carboxylic acids is 2. The molecule has 0 radical (unpaired) electrons. The maximum atomic E-state index is 11.4. The lowest BCUT2D eigenvalue weighted by atomic mass is 10.1. The Balaban J connectivity index is 1.84. The molecule has 2 N–H and O–H groups in total. The highest BCUT2D eigenvalue weighted by molar-refractivity contribution is 5.99. The quantitative estimate of drug-likeness (QED) is 0.898. The summed E-state index contributed by atoms with van der Waals surface area (Å²) >= 11 is 0. The van der Waals surface area contributed by atoms with Crippen molar-refractivity contribution >= 4 is 23.8 Å². The lowest BCUT2D eigenvalue weighted by molar-refractivity contribution is -0.115. The largest absolute Gasteiger partial charge is 0.444 e. The van der Waals surface area contributed by atoms with Crippen LogP contribution in [0.3, 0.4) is 0 Å². The monoisotopic (exact) mass is 288 g/mol. The molecule has 0 spiro atoms. The van der Waals surface area contributed by atoms with Crippen LogP contribution in [-0.4, -0.2) is 24.1 Å². The Morgan fingerprint density at radius 1 is 1.43 bits per heavy atom. The summed E-state index contributed by atoms with van der Waals surface area (Å²) in [6.45, 7) is 5.86. The van der Waals surface area contributed by atoms with Crippen molar-refractivity contribution in [3.63, 3.8) is 0 Å². The maximum Gasteiger partial charge on any atom is 0.407 e. The molecule has 112 valence electrons. The van der Waals surface area contributed by atoms with Gasteiger partial charge in [-0.2, -0.15) is 0 Å². The van der Waals surface area contributed by atoms with Crippen molar-refractivity contribution in [2.45, 2.75) is 32.8 Å². The number of ether oxygens (including phenoxy) is 1. The van der Waals surface area contributed by atoms with Crippen LogP contribution in [0, 0.1) is 0 Å². The summed E-state index contributed by atoms with van der Waals surface area (Å²) in [6, 6.07) is 5.78. The Hall–Kier alpha value is -2.30. The standard InChI is InChI=1S/C16H20N2O3/c1-16(2,3)21-15(20)17-8-4-5-11-6-7-13-12(9-11)10-14(19)18-13/h4-7,9H,8,10H2,1-3H3,(H,17,20)(H,18,19). The third kappa shape index (κ3) is 4.63. The fourth-order valence-electron chi connectivity index (χ4n) is 2.00. The van der Waals surface area contributed by atoms with Gasteiger partial charge >= 0.3 is 6.09 Å². The van der Waals surface area contributed by atoms with Crippen LogP contribution in [0.25, 0.3) is 6.08 Å². The molecule has 0 saturated carbocycles. The van der Waals surface area contributed by atoms with Gasteiger partial charge in [0.2, 0.25) is 5.91 Å². The number of carbonyl (C=O) groups is 2. The number of amides is 2. The van der Waals surface area contributed by atoms with Crippen LogP contribution >= 0.6 is 0 Å². The Morgan fingerprint density at radius 2 is 2.19 bits per heavy atom. The maximum absolute atomic E-state index is 11.4. The highest BCUT2D eigenvalue weighted by Crippen LogP contribution is 2.24. The normalized spacial score (nSPS) is 14.0. The number of anilines is 1. The van der Waals surface area contributed by atoms with E-state index >= 15 is 0 Å². The van der Waals surface area contributed by atoms with E-state index in [0.717, 1.165) is 16.8 Å². The molecule has 1 aromatic rings. The molecule has 2 rings (SSSR count). The van der Waals surface area contributed by atoms with Crippen molar-refractivity contribution in [2.75, 3.05) is 11.9 Å². The smallest absolute Gasteiger partial charge is 0.407 e. The molecule has 5 heteroatoms. The number of benzene rings is 1. The molecule has 2 amide bonds. The number of rotatable bonds is 3. The molecule has 0 aliphatic carbocycles. The highest BCUT2D eigenvalue weighted by atomic mass is 16.6. The van der Waals surface area contributed by atoms with Crippen molar-refractivity contribution < 1.29 is 14.3 Å². The molecule has 0 saturated heterocycles. The van der Waals surface area contributed by atoms with Gasteiger partial charge in [0, 0.05) is 12.2 Å². The van der Waals surface area contributed by atoms with Crippen LogP contribution in [0.1, 0.15) is 31.9 Å². The molecular weight excluding hydrogens is 268 g/mol. The van der Waals surface area contributed by atoms with E-state index in [4.69, 9.17) is 4.74 Å². The van der Waals surface area contributed by atoms with Gasteiger partial charge in [0.25, 0.3) is 0 Å². The summed E-state index contributed by atoms with van der Waals surface area (Å²) in [5.41, 5.74) is 2.38. The van der Waals surface area contributed by atoms with E-state index in [9.17, 15) is 9.59 Å². The van der Waals surface area contributed by atoms with Gasteiger partial charge in [-0.15, -0.1) is 0 Å². The Kier molecular flexibility index (Phi) is 4.31. The van der Waals surface area contributed by atoms with Crippen LogP contribution in [0.5, 0.6) is 0 Å². The van der Waals surface area contributed by atoms with Crippen LogP contribution in [0.4, 0.5) is 10.5 Å². The van der Waals surface area contributed by atoms with Crippen LogP contribution in [0.15, 0.2) is 24.3 Å². The summed E-state index contributed by atoms with van der Waals surface area (Å²) in [5, 5.41) is 5.45. The van der Waals surface area contributed by atoms with Gasteiger partial charge in [0.05, 0.1) is 6.42 Å². The highest BCUT2D eigenvalue weighted by Gasteiger charge is 2.17. The summed E-state index contributed by atoms with van der Waals surface area (Å²) < 4.78 is 5.13. The molecule has 1 aliphatic heterocycles. The van der Waals surface area contributed by atoms with Crippen molar-refractivity contribution in [1.29, 1.82) is 0 Å². The summed E-state index contributed by atoms with van der Waals surface area (Å²) in [7, 11) is 0. The average Bonchev–Trinajstić information content (AvgIpc) is 2.71. The minimum atomic E-state index is -0.493. The lowest BCUT2D eigenvalue weighted by Gasteiger charge is -2.19. The first-order valence-corrected chi connectivity index (χ1v) is 6.90. The predicted octanol–water partition coefficient (Wildman–Crippen LogP) is 2.72. The van der Waals surface area contributed by atoms with Gasteiger partial charge in [-0.05, 0) is 44.0 Å². The minimum absolute atomic E-state index is 0.0257. The molecule has 0 bridgehead atoms. The topological polar surface area (TPSA) is 67.4 Å². The van der Waals surface area contributed by atoms with Crippen LogP contribution in [0.2, 0.25) is 0 Å². The first-order chi connectivity index (χ1) is 9.83. The first kappa shape index (κ1) is 15.1. The van der Waals surface area contributed by atoms with E-state index in [1.165, 1.54) is 0 Å². The number of fused-ring (bicyclic) bond motifs is 1. The SMILES string of the molecule is CC(C)(C)OC(=O)NCC=Cc1ccc2c(c1)CC(=O)N2. The predicted molar refractivity (Wildman–Crippen MR) is 82.0 cm³/mol. The van der Waals surface area contributed by atoms with Gasteiger partial charge in [-0.1, -0.05) is 18.2 Å². The Labute approximate surface area is 124 Å². The molecule has 5 nitrogen and oxygen atoms in total. The third-order valence-corrected chi connectivity index (χ3v) is 2.83. The van der Waals surface area contributed by atoms with E-state index in [-0.39, 0.29) is 5.91 Å². The van der Waals surface area contributed by atoms with E-state index in [0.29, 0.717) is 13.0 Å². The second-order valence-electron chi connectivity index (χ2n) is 5.93. The molecule has 1 aromatic carbocycles. The summed E-state index contributed by atoms with van der Waals surface area (Å²) in [6.07, 6.45) is 3.74. The molecule has 0 fully saturated rings. The second kappa shape index (κ2) is 5.99. The third-order valence-electron chi connectivity index (χ3n) is 2.83. The van der Waals surface area contributed by atoms with E-state index in [1.807, 2.05) is 51.1 Å². The lowest BCUT2D eigenvalue weighted by Crippen LogP contribution is -2.32. The fourth-order valence-corrected chi connectivity index (χ4v) is 2.00. The van der Waals surface area contributed by atoms with E-state index < -0.39 is 11.7 Å². The molecule has 0 aromatic heterocycles. The molecule has 0 unspecified atom stereocenters. The zero-order valence-corrected chi connectivity index (χ0v) is 12.5. The average molecular weight is 288 g/mol. The Morgan fingerprint density at radius 3 is 2.90 bits per heavy atom. The van der Waals surface area contributed by atoms with Crippen molar-refractivity contribution in [3.8, 4) is 0 Å². The zero-order chi connectivity index (χ0) is 15.5. The van der Waals surface area contributed by atoms with Crippen molar-refractivity contribution in [1.82, 2.24) is 5.32 Å².